The van der Waals surface area contributed by atoms with Crippen LogP contribution in [0.15, 0.2) is 12.1 Å². The zero-order chi connectivity index (χ0) is 21.3. The van der Waals surface area contributed by atoms with E-state index in [0.29, 0.717) is 11.8 Å². The summed E-state index contributed by atoms with van der Waals surface area (Å²) in [4.78, 5) is 0. The van der Waals surface area contributed by atoms with Gasteiger partial charge in [-0.05, 0) is 62.6 Å². The second-order valence-corrected chi connectivity index (χ2v) is 11.8. The van der Waals surface area contributed by atoms with E-state index in [-0.39, 0.29) is 34.0 Å². The van der Waals surface area contributed by atoms with Crippen molar-refractivity contribution in [3.8, 4) is 11.5 Å². The Bertz CT molecular complexity index is 936. The molecule has 7 atom stereocenters. The molecular weight excluding hydrogens is 378 g/mol. The lowest BCUT2D eigenvalue weighted by atomic mass is 9.33. The van der Waals surface area contributed by atoms with Gasteiger partial charge in [0.05, 0.1) is 5.60 Å². The fourth-order valence-corrected chi connectivity index (χ4v) is 8.53. The van der Waals surface area contributed by atoms with Crippen LogP contribution in [0.5, 0.6) is 11.5 Å². The number of hydrogen-bond donors (Lipinski definition) is 3. The molecular formula is C25H35NO4. The van der Waals surface area contributed by atoms with Gasteiger partial charge < -0.3 is 25.0 Å². The first-order chi connectivity index (χ1) is 14.1. The number of aliphatic hydroxyl groups is 1. The predicted molar refractivity (Wildman–Crippen MR) is 114 cm³/mol. The highest BCUT2D eigenvalue weighted by molar-refractivity contribution is 5.63. The number of hydrogen-bond acceptors (Lipinski definition) is 5. The number of aromatic hydroxyl groups is 1. The summed E-state index contributed by atoms with van der Waals surface area (Å²) in [6, 6.07) is 4.26. The Morgan fingerprint density at radius 2 is 1.93 bits per heavy atom. The summed E-state index contributed by atoms with van der Waals surface area (Å²) in [5.41, 5.74) is 0.658. The lowest BCUT2D eigenvalue weighted by Crippen LogP contribution is -2.83. The zero-order valence-corrected chi connectivity index (χ0v) is 18.8. The molecule has 0 aromatic heterocycles. The first kappa shape index (κ1) is 19.4. The van der Waals surface area contributed by atoms with Crippen molar-refractivity contribution in [1.29, 1.82) is 0 Å². The second-order valence-electron chi connectivity index (χ2n) is 11.8. The summed E-state index contributed by atoms with van der Waals surface area (Å²) in [5.74, 6) is 0.887. The number of phenolic OH excluding ortho intramolecular Hbond substituents is 1. The molecule has 0 amide bonds. The summed E-state index contributed by atoms with van der Waals surface area (Å²) in [7, 11) is 1.80. The molecule has 2 heterocycles. The third-order valence-corrected chi connectivity index (χ3v) is 10.4. The molecule has 2 spiro atoms. The number of piperidine rings is 1. The average Bonchev–Trinajstić information content (AvgIpc) is 3.05. The first-order valence-electron chi connectivity index (χ1n) is 11.6. The fourth-order valence-electron chi connectivity index (χ4n) is 8.53. The monoisotopic (exact) mass is 413 g/mol. The van der Waals surface area contributed by atoms with E-state index in [1.165, 1.54) is 11.1 Å². The molecule has 0 radical (unpaired) electrons. The van der Waals surface area contributed by atoms with E-state index in [1.807, 2.05) is 6.92 Å². The van der Waals surface area contributed by atoms with E-state index in [2.05, 4.69) is 32.2 Å². The predicted octanol–water partition coefficient (Wildman–Crippen LogP) is 3.29. The molecule has 3 saturated carbocycles. The van der Waals surface area contributed by atoms with Gasteiger partial charge in [0.15, 0.2) is 11.5 Å². The number of phenols is 1. The van der Waals surface area contributed by atoms with Crippen molar-refractivity contribution in [1.82, 2.24) is 5.32 Å². The minimum atomic E-state index is -0.910. The normalized spacial score (nSPS) is 44.9. The van der Waals surface area contributed by atoms with Gasteiger partial charge in [0.2, 0.25) is 0 Å². The Hall–Kier alpha value is -1.30. The minimum absolute atomic E-state index is 0.0160. The van der Waals surface area contributed by atoms with Gasteiger partial charge in [0.25, 0.3) is 0 Å². The number of benzene rings is 1. The second kappa shape index (κ2) is 5.36. The van der Waals surface area contributed by atoms with Crippen LogP contribution in [0.4, 0.5) is 0 Å². The maximum atomic E-state index is 12.0. The molecule has 1 aromatic carbocycles. The lowest BCUT2D eigenvalue weighted by Gasteiger charge is -2.74. The number of fused-ring (bicyclic) bond motifs is 2. The van der Waals surface area contributed by atoms with E-state index >= 15 is 0 Å². The quantitative estimate of drug-likeness (QED) is 0.694. The van der Waals surface area contributed by atoms with Crippen molar-refractivity contribution in [3.05, 3.63) is 23.3 Å². The third kappa shape index (κ3) is 1.77. The van der Waals surface area contributed by atoms with E-state index in [0.717, 1.165) is 38.6 Å². The SMILES string of the molecule is CO[C@]12CCC3(C[C@@H]1[C@](C)(O)C(C)(C)C)[C@H]1Cc4ccc(O)c5c4C3(CCN1)[C@H]2O5. The average molecular weight is 414 g/mol. The topological polar surface area (TPSA) is 71.0 Å². The smallest absolute Gasteiger partial charge is 0.165 e. The Morgan fingerprint density at radius 1 is 1.17 bits per heavy atom. The van der Waals surface area contributed by atoms with Gasteiger partial charge in [-0.15, -0.1) is 0 Å². The summed E-state index contributed by atoms with van der Waals surface area (Å²) in [6.07, 6.45) is 4.66. The van der Waals surface area contributed by atoms with E-state index < -0.39 is 11.2 Å². The third-order valence-electron chi connectivity index (χ3n) is 10.4. The Kier molecular flexibility index (Phi) is 3.46. The maximum absolute atomic E-state index is 12.0. The molecule has 4 bridgehead atoms. The van der Waals surface area contributed by atoms with Gasteiger partial charge in [0, 0.05) is 35.5 Å². The van der Waals surface area contributed by atoms with Crippen molar-refractivity contribution in [2.24, 2.45) is 16.7 Å². The van der Waals surface area contributed by atoms with Gasteiger partial charge in [-0.3, -0.25) is 0 Å². The number of rotatable bonds is 2. The molecule has 30 heavy (non-hydrogen) atoms. The highest BCUT2D eigenvalue weighted by Crippen LogP contribution is 2.77. The van der Waals surface area contributed by atoms with Crippen LogP contribution in [0.1, 0.15) is 64.5 Å². The van der Waals surface area contributed by atoms with Crippen molar-refractivity contribution in [3.63, 3.8) is 0 Å². The standard InChI is InChI=1S/C25H35NO4/c1-21(2,3)22(4,28)16-13-23-8-9-25(16,29-5)20-24(23)10-11-26-17(23)12-14-6-7-15(27)19(30-20)18(14)24/h6-7,16-17,20,26-28H,8-13H2,1-5H3/t16-,17-,20-,22+,23?,24?,25-/m1/s1. The molecule has 2 aliphatic heterocycles. The van der Waals surface area contributed by atoms with Crippen LogP contribution >= 0.6 is 0 Å². The lowest BCUT2D eigenvalue weighted by molar-refractivity contribution is -0.303. The van der Waals surface area contributed by atoms with Crippen LogP contribution in [0.25, 0.3) is 0 Å². The van der Waals surface area contributed by atoms with Gasteiger partial charge in [-0.25, -0.2) is 0 Å². The van der Waals surface area contributed by atoms with Crippen LogP contribution in [-0.2, 0) is 16.6 Å². The van der Waals surface area contributed by atoms with Crippen LogP contribution in [-0.4, -0.2) is 47.2 Å². The number of nitrogens with one attached hydrogen (secondary N) is 1. The maximum Gasteiger partial charge on any atom is 0.165 e. The molecule has 5 heteroatoms. The summed E-state index contributed by atoms with van der Waals surface area (Å²) >= 11 is 0. The van der Waals surface area contributed by atoms with Gasteiger partial charge in [0.1, 0.15) is 11.7 Å². The van der Waals surface area contributed by atoms with Crippen molar-refractivity contribution < 1.29 is 19.7 Å². The summed E-state index contributed by atoms with van der Waals surface area (Å²) < 4.78 is 13.2. The van der Waals surface area contributed by atoms with Gasteiger partial charge in [-0.2, -0.15) is 0 Å². The zero-order valence-electron chi connectivity index (χ0n) is 18.8. The molecule has 1 saturated heterocycles. The molecule has 6 aliphatic rings. The molecule has 164 valence electrons. The number of ether oxygens (including phenoxy) is 2. The van der Waals surface area contributed by atoms with E-state index in [1.54, 1.807) is 13.2 Å². The highest BCUT2D eigenvalue weighted by atomic mass is 16.6. The van der Waals surface area contributed by atoms with E-state index in [4.69, 9.17) is 9.47 Å². The first-order valence-corrected chi connectivity index (χ1v) is 11.6. The molecule has 5 nitrogen and oxygen atoms in total. The van der Waals surface area contributed by atoms with E-state index in [9.17, 15) is 10.2 Å². The molecule has 7 rings (SSSR count). The summed E-state index contributed by atoms with van der Waals surface area (Å²) in [6.45, 7) is 9.33. The molecule has 1 aromatic rings. The Morgan fingerprint density at radius 3 is 2.63 bits per heavy atom. The molecule has 4 aliphatic carbocycles. The van der Waals surface area contributed by atoms with Crippen LogP contribution in [0, 0.1) is 16.7 Å². The van der Waals surface area contributed by atoms with Crippen molar-refractivity contribution in [2.75, 3.05) is 13.7 Å². The minimum Gasteiger partial charge on any atom is -0.504 e. The molecule has 3 N–H and O–H groups in total. The highest BCUT2D eigenvalue weighted by Gasteiger charge is 2.81. The largest absolute Gasteiger partial charge is 0.504 e. The molecule has 2 unspecified atom stereocenters. The molecule has 4 fully saturated rings. The number of methoxy groups -OCH3 is 1. The van der Waals surface area contributed by atoms with Crippen molar-refractivity contribution >= 4 is 0 Å². The van der Waals surface area contributed by atoms with Gasteiger partial charge in [-0.1, -0.05) is 26.8 Å². The van der Waals surface area contributed by atoms with Gasteiger partial charge >= 0.3 is 0 Å². The fraction of sp³-hybridized carbons (Fsp3) is 0.760. The Balaban J connectivity index is 1.65. The van der Waals surface area contributed by atoms with Crippen LogP contribution < -0.4 is 10.1 Å². The van der Waals surface area contributed by atoms with Crippen molar-refractivity contribution in [2.45, 2.75) is 88.6 Å². The summed E-state index contributed by atoms with van der Waals surface area (Å²) in [5, 5.41) is 26.6. The Labute approximate surface area is 179 Å². The van der Waals surface area contributed by atoms with Crippen LogP contribution in [0.2, 0.25) is 0 Å². The van der Waals surface area contributed by atoms with Crippen LogP contribution in [0.3, 0.4) is 0 Å².